The van der Waals surface area contributed by atoms with Crippen molar-refractivity contribution in [3.8, 4) is 0 Å². The van der Waals surface area contributed by atoms with E-state index in [1.165, 1.54) is 0 Å². The van der Waals surface area contributed by atoms with Crippen molar-refractivity contribution in [1.82, 2.24) is 5.32 Å². The molecule has 0 radical (unpaired) electrons. The second-order valence-corrected chi connectivity index (χ2v) is 6.24. The van der Waals surface area contributed by atoms with Crippen LogP contribution in [0.5, 0.6) is 0 Å². The third-order valence-electron chi connectivity index (χ3n) is 3.52. The second-order valence-electron chi connectivity index (χ2n) is 5.38. The van der Waals surface area contributed by atoms with Crippen LogP contribution < -0.4 is 10.6 Å². The van der Waals surface area contributed by atoms with Crippen LogP contribution in [-0.2, 0) is 4.74 Å². The summed E-state index contributed by atoms with van der Waals surface area (Å²) in [5.41, 5.74) is 1.52. The van der Waals surface area contributed by atoms with Crippen molar-refractivity contribution in [3.05, 3.63) is 32.3 Å². The molecule has 0 amide bonds. The molecule has 2 rings (SSSR count). The summed E-state index contributed by atoms with van der Waals surface area (Å²) in [5, 5.41) is 17.8. The Labute approximate surface area is 132 Å². The molecule has 1 aromatic carbocycles. The third-order valence-corrected chi connectivity index (χ3v) is 4.18. The minimum atomic E-state index is -0.353. The molecule has 1 aromatic rings. The van der Waals surface area contributed by atoms with Crippen molar-refractivity contribution in [2.75, 3.05) is 25.1 Å². The summed E-state index contributed by atoms with van der Waals surface area (Å²) < 4.78 is 6.27. The molecule has 0 bridgehead atoms. The standard InChI is InChI=1S/C14H20BrN3O3/c1-9-5-12(15)13(7-14(9)18(19)20)17-10(2)6-11-8-21-4-3-16-11/h5,7,10-11,16-17H,3-4,6,8H2,1-2H3. The topological polar surface area (TPSA) is 76.4 Å². The van der Waals surface area contributed by atoms with E-state index in [0.717, 1.165) is 29.7 Å². The minimum absolute atomic E-state index is 0.132. The molecule has 2 unspecified atom stereocenters. The van der Waals surface area contributed by atoms with E-state index in [1.807, 2.05) is 0 Å². The maximum atomic E-state index is 11.0. The molecule has 0 saturated carbocycles. The highest BCUT2D eigenvalue weighted by atomic mass is 79.9. The molecule has 1 aliphatic rings. The SMILES string of the molecule is Cc1cc(Br)c(NC(C)CC2COCCN2)cc1[N+](=O)[O-]. The smallest absolute Gasteiger partial charge is 0.274 e. The zero-order valence-electron chi connectivity index (χ0n) is 12.2. The summed E-state index contributed by atoms with van der Waals surface area (Å²) in [4.78, 5) is 10.7. The maximum Gasteiger partial charge on any atom is 0.274 e. The highest BCUT2D eigenvalue weighted by Gasteiger charge is 2.19. The van der Waals surface area contributed by atoms with E-state index in [4.69, 9.17) is 4.74 Å². The zero-order chi connectivity index (χ0) is 15.4. The van der Waals surface area contributed by atoms with Gasteiger partial charge in [0.2, 0.25) is 0 Å². The Bertz CT molecular complexity index is 518. The Morgan fingerprint density at radius 2 is 2.38 bits per heavy atom. The average Bonchev–Trinajstić information content (AvgIpc) is 2.42. The van der Waals surface area contributed by atoms with Gasteiger partial charge in [0.1, 0.15) is 0 Å². The number of nitro groups is 1. The van der Waals surface area contributed by atoms with Gasteiger partial charge in [0.05, 0.1) is 23.8 Å². The van der Waals surface area contributed by atoms with Crippen LogP contribution in [0.25, 0.3) is 0 Å². The van der Waals surface area contributed by atoms with Crippen LogP contribution in [0.2, 0.25) is 0 Å². The molecular weight excluding hydrogens is 338 g/mol. The van der Waals surface area contributed by atoms with Crippen molar-refractivity contribution in [2.24, 2.45) is 0 Å². The normalized spacial score (nSPS) is 20.0. The Kier molecular flexibility index (Phi) is 5.55. The molecule has 21 heavy (non-hydrogen) atoms. The molecule has 0 aromatic heterocycles. The molecule has 1 saturated heterocycles. The minimum Gasteiger partial charge on any atom is -0.381 e. The van der Waals surface area contributed by atoms with Crippen molar-refractivity contribution in [1.29, 1.82) is 0 Å². The zero-order valence-corrected chi connectivity index (χ0v) is 13.8. The number of halogens is 1. The number of hydrogen-bond acceptors (Lipinski definition) is 5. The van der Waals surface area contributed by atoms with Gasteiger partial charge in [0.25, 0.3) is 5.69 Å². The number of rotatable bonds is 5. The first-order valence-corrected chi connectivity index (χ1v) is 7.79. The van der Waals surface area contributed by atoms with E-state index in [-0.39, 0.29) is 16.7 Å². The molecule has 2 N–H and O–H groups in total. The number of ether oxygens (including phenoxy) is 1. The summed E-state index contributed by atoms with van der Waals surface area (Å²) in [6.07, 6.45) is 0.897. The molecule has 0 aliphatic carbocycles. The van der Waals surface area contributed by atoms with Gasteiger partial charge >= 0.3 is 0 Å². The van der Waals surface area contributed by atoms with Crippen LogP contribution >= 0.6 is 15.9 Å². The van der Waals surface area contributed by atoms with Crippen LogP contribution in [0.4, 0.5) is 11.4 Å². The molecule has 116 valence electrons. The Hall–Kier alpha value is -1.18. The predicted octanol–water partition coefficient (Wildman–Crippen LogP) is 2.84. The first kappa shape index (κ1) is 16.2. The number of morpholine rings is 1. The Morgan fingerprint density at radius 3 is 3.00 bits per heavy atom. The average molecular weight is 358 g/mol. The van der Waals surface area contributed by atoms with Crippen molar-refractivity contribution >= 4 is 27.3 Å². The van der Waals surface area contributed by atoms with E-state index in [0.29, 0.717) is 18.2 Å². The number of hydrogen-bond donors (Lipinski definition) is 2. The van der Waals surface area contributed by atoms with Gasteiger partial charge in [-0.25, -0.2) is 0 Å². The molecule has 0 spiro atoms. The van der Waals surface area contributed by atoms with Gasteiger partial charge in [-0.05, 0) is 42.3 Å². The largest absolute Gasteiger partial charge is 0.381 e. The summed E-state index contributed by atoms with van der Waals surface area (Å²) in [7, 11) is 0. The van der Waals surface area contributed by atoms with Gasteiger partial charge in [0, 0.05) is 34.7 Å². The van der Waals surface area contributed by atoms with E-state index in [2.05, 4.69) is 33.5 Å². The lowest BCUT2D eigenvalue weighted by Crippen LogP contribution is -2.43. The molecule has 6 nitrogen and oxygen atoms in total. The van der Waals surface area contributed by atoms with Crippen LogP contribution in [0, 0.1) is 17.0 Å². The van der Waals surface area contributed by atoms with Gasteiger partial charge in [-0.2, -0.15) is 0 Å². The first-order valence-electron chi connectivity index (χ1n) is 6.99. The Balaban J connectivity index is 2.04. The quantitative estimate of drug-likeness (QED) is 0.625. The number of anilines is 1. The number of benzene rings is 1. The van der Waals surface area contributed by atoms with Gasteiger partial charge in [-0.1, -0.05) is 0 Å². The number of nitro benzene ring substituents is 1. The monoisotopic (exact) mass is 357 g/mol. The van der Waals surface area contributed by atoms with E-state index < -0.39 is 0 Å². The van der Waals surface area contributed by atoms with Crippen molar-refractivity contribution in [2.45, 2.75) is 32.4 Å². The molecule has 1 fully saturated rings. The summed E-state index contributed by atoms with van der Waals surface area (Å²) in [5.74, 6) is 0. The molecule has 2 atom stereocenters. The van der Waals surface area contributed by atoms with Crippen molar-refractivity contribution < 1.29 is 9.66 Å². The lowest BCUT2D eigenvalue weighted by atomic mass is 10.1. The van der Waals surface area contributed by atoms with Crippen LogP contribution in [-0.4, -0.2) is 36.8 Å². The summed E-state index contributed by atoms with van der Waals surface area (Å²) >= 11 is 3.46. The number of nitrogens with one attached hydrogen (secondary N) is 2. The maximum absolute atomic E-state index is 11.0. The lowest BCUT2D eigenvalue weighted by Gasteiger charge is -2.27. The molecule has 7 heteroatoms. The van der Waals surface area contributed by atoms with Gasteiger partial charge in [0.15, 0.2) is 0 Å². The second kappa shape index (κ2) is 7.20. The highest BCUT2D eigenvalue weighted by Crippen LogP contribution is 2.31. The van der Waals surface area contributed by atoms with Gasteiger partial charge in [-0.3, -0.25) is 10.1 Å². The lowest BCUT2D eigenvalue weighted by molar-refractivity contribution is -0.385. The molecule has 1 aliphatic heterocycles. The van der Waals surface area contributed by atoms with Crippen LogP contribution in [0.1, 0.15) is 18.9 Å². The fourth-order valence-corrected chi connectivity index (χ4v) is 3.06. The van der Waals surface area contributed by atoms with E-state index >= 15 is 0 Å². The van der Waals surface area contributed by atoms with Crippen LogP contribution in [0.15, 0.2) is 16.6 Å². The third kappa shape index (κ3) is 4.39. The predicted molar refractivity (Wildman–Crippen MR) is 85.8 cm³/mol. The number of nitrogens with zero attached hydrogens (tertiary/aromatic N) is 1. The van der Waals surface area contributed by atoms with E-state index in [1.54, 1.807) is 19.1 Å². The van der Waals surface area contributed by atoms with Gasteiger partial charge < -0.3 is 15.4 Å². The molecular formula is C14H20BrN3O3. The summed E-state index contributed by atoms with van der Waals surface area (Å²) in [6, 6.07) is 3.86. The fourth-order valence-electron chi connectivity index (χ4n) is 2.49. The van der Waals surface area contributed by atoms with Crippen molar-refractivity contribution in [3.63, 3.8) is 0 Å². The highest BCUT2D eigenvalue weighted by molar-refractivity contribution is 9.10. The van der Waals surface area contributed by atoms with Crippen LogP contribution in [0.3, 0.4) is 0 Å². The van der Waals surface area contributed by atoms with E-state index in [9.17, 15) is 10.1 Å². The van der Waals surface area contributed by atoms with Gasteiger partial charge in [-0.15, -0.1) is 0 Å². The molecule has 1 heterocycles. The number of aryl methyl sites for hydroxylation is 1. The first-order chi connectivity index (χ1) is 9.97. The fraction of sp³-hybridized carbons (Fsp3) is 0.571. The summed E-state index contributed by atoms with van der Waals surface area (Å²) in [6.45, 7) is 6.14. The Morgan fingerprint density at radius 1 is 1.62 bits per heavy atom.